The number of rotatable bonds is 8. The summed E-state index contributed by atoms with van der Waals surface area (Å²) in [5.74, 6) is 0.946. The first-order valence-corrected chi connectivity index (χ1v) is 11.8. The lowest BCUT2D eigenvalue weighted by molar-refractivity contribution is -0.113. The van der Waals surface area contributed by atoms with Gasteiger partial charge in [-0.05, 0) is 55.7 Å². The Bertz CT molecular complexity index is 1230. The molecule has 1 heterocycles. The van der Waals surface area contributed by atoms with Crippen molar-refractivity contribution in [3.05, 3.63) is 95.3 Å². The van der Waals surface area contributed by atoms with Crippen molar-refractivity contribution in [2.45, 2.75) is 32.5 Å². The molecule has 0 spiro atoms. The number of carbonyl (C=O) groups is 1. The van der Waals surface area contributed by atoms with E-state index in [1.165, 1.54) is 22.9 Å². The van der Waals surface area contributed by atoms with E-state index < -0.39 is 0 Å². The largest absolute Gasteiger partial charge is 0.377 e. The molecule has 0 aliphatic heterocycles. The van der Waals surface area contributed by atoms with Crippen LogP contribution in [0.15, 0.2) is 78.0 Å². The summed E-state index contributed by atoms with van der Waals surface area (Å²) in [6.07, 6.45) is 0. The van der Waals surface area contributed by atoms with Gasteiger partial charge in [-0.25, -0.2) is 0 Å². The number of amides is 1. The number of anilines is 2. The Kier molecular flexibility index (Phi) is 7.10. The molecule has 2 N–H and O–H groups in total. The Balaban J connectivity index is 1.53. The summed E-state index contributed by atoms with van der Waals surface area (Å²) in [5, 5.41) is 16.0. The molecule has 0 fully saturated rings. The van der Waals surface area contributed by atoms with Crippen LogP contribution < -0.4 is 10.6 Å². The number of carbonyl (C=O) groups excluding carboxylic acids is 1. The molecule has 0 unspecified atom stereocenters. The molecule has 6 nitrogen and oxygen atoms in total. The van der Waals surface area contributed by atoms with Crippen LogP contribution in [0.4, 0.5) is 11.4 Å². The minimum atomic E-state index is -0.0767. The van der Waals surface area contributed by atoms with E-state index in [1.54, 1.807) is 0 Å². The van der Waals surface area contributed by atoms with Crippen LogP contribution in [0.25, 0.3) is 5.69 Å². The Labute approximate surface area is 198 Å². The minimum Gasteiger partial charge on any atom is -0.377 e. The van der Waals surface area contributed by atoms with Gasteiger partial charge in [-0.3, -0.25) is 9.36 Å². The molecule has 4 aromatic rings. The Hall–Kier alpha value is -3.58. The van der Waals surface area contributed by atoms with Crippen molar-refractivity contribution in [2.24, 2.45) is 0 Å². The van der Waals surface area contributed by atoms with E-state index in [1.807, 2.05) is 66.1 Å². The molecule has 0 saturated carbocycles. The quantitative estimate of drug-likeness (QED) is 0.340. The van der Waals surface area contributed by atoms with Gasteiger partial charge in [-0.2, -0.15) is 0 Å². The number of aromatic nitrogens is 3. The predicted octanol–water partition coefficient (Wildman–Crippen LogP) is 5.54. The summed E-state index contributed by atoms with van der Waals surface area (Å²) in [4.78, 5) is 12.6. The van der Waals surface area contributed by atoms with E-state index in [0.717, 1.165) is 28.5 Å². The third-order valence-corrected chi connectivity index (χ3v) is 6.30. The smallest absolute Gasteiger partial charge is 0.234 e. The maximum atomic E-state index is 12.6. The van der Waals surface area contributed by atoms with Crippen molar-refractivity contribution in [3.8, 4) is 5.69 Å². The summed E-state index contributed by atoms with van der Waals surface area (Å²) < 4.78 is 2.01. The number of thioether (sulfide) groups is 1. The van der Waals surface area contributed by atoms with E-state index in [4.69, 9.17) is 0 Å². The van der Waals surface area contributed by atoms with Crippen LogP contribution in [0.1, 0.15) is 22.5 Å². The molecule has 0 atom stereocenters. The normalized spacial score (nSPS) is 10.8. The van der Waals surface area contributed by atoms with E-state index in [0.29, 0.717) is 11.7 Å². The number of para-hydroxylation sites is 3. The third-order valence-electron chi connectivity index (χ3n) is 5.37. The van der Waals surface area contributed by atoms with Crippen molar-refractivity contribution in [3.63, 3.8) is 0 Å². The van der Waals surface area contributed by atoms with Crippen LogP contribution >= 0.6 is 11.8 Å². The average Bonchev–Trinajstić information content (AvgIpc) is 3.22. The van der Waals surface area contributed by atoms with E-state index in [-0.39, 0.29) is 11.7 Å². The first kappa shape index (κ1) is 22.6. The molecular weight excluding hydrogens is 430 g/mol. The number of nitrogens with one attached hydrogen (secondary N) is 2. The SMILES string of the molecule is Cc1ccccc1NC(=O)CSc1nnc(CNc2c(C)cccc2C)n1-c1ccccc1. The van der Waals surface area contributed by atoms with Gasteiger partial charge in [0.15, 0.2) is 11.0 Å². The first-order valence-electron chi connectivity index (χ1n) is 10.8. The second kappa shape index (κ2) is 10.4. The highest BCUT2D eigenvalue weighted by atomic mass is 32.2. The van der Waals surface area contributed by atoms with E-state index in [9.17, 15) is 4.79 Å². The van der Waals surface area contributed by atoms with Gasteiger partial charge >= 0.3 is 0 Å². The fourth-order valence-corrected chi connectivity index (χ4v) is 4.41. The van der Waals surface area contributed by atoms with Crippen molar-refractivity contribution in [1.82, 2.24) is 14.8 Å². The number of aryl methyl sites for hydroxylation is 3. The first-order chi connectivity index (χ1) is 16.0. The molecule has 168 valence electrons. The monoisotopic (exact) mass is 457 g/mol. The summed E-state index contributed by atoms with van der Waals surface area (Å²) in [6.45, 7) is 6.67. The van der Waals surface area contributed by atoms with Gasteiger partial charge < -0.3 is 10.6 Å². The average molecular weight is 458 g/mol. The van der Waals surface area contributed by atoms with Crippen molar-refractivity contribution < 1.29 is 4.79 Å². The molecule has 0 aliphatic rings. The van der Waals surface area contributed by atoms with Gasteiger partial charge in [0.25, 0.3) is 0 Å². The summed E-state index contributed by atoms with van der Waals surface area (Å²) >= 11 is 1.37. The van der Waals surface area contributed by atoms with Crippen LogP contribution in [0.2, 0.25) is 0 Å². The molecule has 3 aromatic carbocycles. The molecule has 0 radical (unpaired) electrons. The third kappa shape index (κ3) is 5.43. The minimum absolute atomic E-state index is 0.0767. The van der Waals surface area contributed by atoms with Gasteiger partial charge in [-0.1, -0.05) is 66.4 Å². The summed E-state index contributed by atoms with van der Waals surface area (Å²) in [7, 11) is 0. The number of hydrogen-bond donors (Lipinski definition) is 2. The Morgan fingerprint density at radius 1 is 0.848 bits per heavy atom. The van der Waals surface area contributed by atoms with Crippen molar-refractivity contribution >= 4 is 29.0 Å². The highest BCUT2D eigenvalue weighted by molar-refractivity contribution is 7.99. The maximum Gasteiger partial charge on any atom is 0.234 e. The van der Waals surface area contributed by atoms with Gasteiger partial charge in [-0.15, -0.1) is 10.2 Å². The molecule has 1 amide bonds. The Morgan fingerprint density at radius 2 is 1.52 bits per heavy atom. The standard InChI is InChI=1S/C26H27N5OS/c1-18-10-7-8-15-22(18)28-24(32)17-33-26-30-29-23(31(26)21-13-5-4-6-14-21)16-27-25-19(2)11-9-12-20(25)3/h4-15,27H,16-17H2,1-3H3,(H,28,32). The second-order valence-corrected chi connectivity index (χ2v) is 8.78. The zero-order valence-corrected chi connectivity index (χ0v) is 19.8. The van der Waals surface area contributed by atoms with Crippen LogP contribution in [-0.4, -0.2) is 26.4 Å². The Morgan fingerprint density at radius 3 is 2.24 bits per heavy atom. The fourth-order valence-electron chi connectivity index (χ4n) is 3.63. The zero-order valence-electron chi connectivity index (χ0n) is 19.0. The second-order valence-electron chi connectivity index (χ2n) is 7.84. The summed E-state index contributed by atoms with van der Waals surface area (Å²) in [6, 6.07) is 24.0. The van der Waals surface area contributed by atoms with Crippen LogP contribution in [0, 0.1) is 20.8 Å². The highest BCUT2D eigenvalue weighted by Gasteiger charge is 2.16. The van der Waals surface area contributed by atoms with Gasteiger partial charge in [0.2, 0.25) is 5.91 Å². The van der Waals surface area contributed by atoms with Crippen LogP contribution in [-0.2, 0) is 11.3 Å². The molecule has 4 rings (SSSR count). The van der Waals surface area contributed by atoms with Gasteiger partial charge in [0, 0.05) is 17.1 Å². The highest BCUT2D eigenvalue weighted by Crippen LogP contribution is 2.25. The maximum absolute atomic E-state index is 12.6. The molecule has 33 heavy (non-hydrogen) atoms. The molecule has 1 aromatic heterocycles. The van der Waals surface area contributed by atoms with E-state index >= 15 is 0 Å². The fraction of sp³-hybridized carbons (Fsp3) is 0.192. The molecular formula is C26H27N5OS. The zero-order chi connectivity index (χ0) is 23.2. The van der Waals surface area contributed by atoms with Gasteiger partial charge in [0.1, 0.15) is 0 Å². The van der Waals surface area contributed by atoms with Gasteiger partial charge in [0.05, 0.1) is 12.3 Å². The van der Waals surface area contributed by atoms with E-state index in [2.05, 4.69) is 52.9 Å². The summed E-state index contributed by atoms with van der Waals surface area (Å²) in [5.41, 5.74) is 6.29. The topological polar surface area (TPSA) is 71.8 Å². The van der Waals surface area contributed by atoms with Crippen molar-refractivity contribution in [1.29, 1.82) is 0 Å². The number of nitrogens with zero attached hydrogens (tertiary/aromatic N) is 3. The number of benzene rings is 3. The van der Waals surface area contributed by atoms with Crippen LogP contribution in [0.5, 0.6) is 0 Å². The predicted molar refractivity (Wildman–Crippen MR) is 135 cm³/mol. The van der Waals surface area contributed by atoms with Crippen molar-refractivity contribution in [2.75, 3.05) is 16.4 Å². The lowest BCUT2D eigenvalue weighted by atomic mass is 10.1. The lowest BCUT2D eigenvalue weighted by Crippen LogP contribution is -2.15. The molecule has 0 saturated heterocycles. The lowest BCUT2D eigenvalue weighted by Gasteiger charge is -2.14. The number of hydrogen-bond acceptors (Lipinski definition) is 5. The van der Waals surface area contributed by atoms with Crippen LogP contribution in [0.3, 0.4) is 0 Å². The molecule has 7 heteroatoms. The molecule has 0 aliphatic carbocycles. The molecule has 0 bridgehead atoms.